The van der Waals surface area contributed by atoms with Crippen molar-refractivity contribution in [3.05, 3.63) is 29.3 Å². The molecule has 0 aliphatic carbocycles. The Balaban J connectivity index is 0.00000169. The Bertz CT molecular complexity index is 323. The maximum Gasteiger partial charge on any atom is 1.00 e. The molecule has 0 atom stereocenters. The third kappa shape index (κ3) is 4.13. The number of carboxylic acids is 1. The molecule has 0 unspecified atom stereocenters. The van der Waals surface area contributed by atoms with E-state index >= 15 is 0 Å². The van der Waals surface area contributed by atoms with Crippen LogP contribution in [0.3, 0.4) is 0 Å². The first-order valence-corrected chi connectivity index (χ1v) is 3.99. The van der Waals surface area contributed by atoms with Gasteiger partial charge in [0.25, 0.3) is 0 Å². The Morgan fingerprint density at radius 1 is 1.43 bits per heavy atom. The monoisotopic (exact) mass is 202 g/mol. The molecule has 14 heavy (non-hydrogen) atoms. The molecule has 1 aromatic carbocycles. The number of benzene rings is 1. The Kier molecular flexibility index (Phi) is 5.84. The molecule has 4 heteroatoms. The Morgan fingerprint density at radius 3 is 2.57 bits per heavy atom. The van der Waals surface area contributed by atoms with Gasteiger partial charge in [-0.15, -0.1) is 0 Å². The normalized spacial score (nSPS) is 9.00. The molecule has 3 nitrogen and oxygen atoms in total. The van der Waals surface area contributed by atoms with Crippen LogP contribution in [0, 0.1) is 13.8 Å². The second-order valence-corrected chi connectivity index (χ2v) is 2.93. The summed E-state index contributed by atoms with van der Waals surface area (Å²) in [5.41, 5.74) is 2.06. The summed E-state index contributed by atoms with van der Waals surface area (Å²) in [7, 11) is 0. The van der Waals surface area contributed by atoms with Crippen LogP contribution in [0.4, 0.5) is 0 Å². The topological polar surface area (TPSA) is 49.4 Å². The van der Waals surface area contributed by atoms with E-state index in [-0.39, 0.29) is 29.6 Å². The Hall–Kier alpha value is -0.510. The van der Waals surface area contributed by atoms with Crippen molar-refractivity contribution in [3.8, 4) is 5.75 Å². The summed E-state index contributed by atoms with van der Waals surface area (Å²) in [6.45, 7) is 3.44. The van der Waals surface area contributed by atoms with Crippen molar-refractivity contribution in [2.24, 2.45) is 0 Å². The largest absolute Gasteiger partial charge is 1.00 e. The van der Waals surface area contributed by atoms with E-state index in [0.29, 0.717) is 5.75 Å². The van der Waals surface area contributed by atoms with E-state index in [1.54, 1.807) is 6.07 Å². The van der Waals surface area contributed by atoms with Crippen molar-refractivity contribution >= 4 is 5.97 Å². The molecule has 1 rings (SSSR count). The molecule has 0 aliphatic rings. The number of aliphatic carboxylic acids is 1. The molecule has 0 heterocycles. The number of ether oxygens (including phenoxy) is 1. The number of carbonyl (C=O) groups is 1. The smallest absolute Gasteiger partial charge is 0.546 e. The molecule has 0 radical (unpaired) electrons. The molecular formula is C10H11NaO3. The summed E-state index contributed by atoms with van der Waals surface area (Å²) in [4.78, 5) is 10.1. The summed E-state index contributed by atoms with van der Waals surface area (Å²) in [6, 6.07) is 5.57. The zero-order chi connectivity index (χ0) is 9.84. The maximum absolute atomic E-state index is 10.1. The Labute approximate surface area is 105 Å². The van der Waals surface area contributed by atoms with Crippen LogP contribution in [-0.4, -0.2) is 12.6 Å². The minimum atomic E-state index is -1.21. The van der Waals surface area contributed by atoms with Crippen LogP contribution in [0.15, 0.2) is 18.2 Å². The maximum atomic E-state index is 10.1. The van der Waals surface area contributed by atoms with E-state index in [4.69, 9.17) is 4.74 Å². The fourth-order valence-corrected chi connectivity index (χ4v) is 1.10. The molecule has 0 bridgehead atoms. The van der Waals surface area contributed by atoms with Crippen molar-refractivity contribution in [2.45, 2.75) is 13.8 Å². The summed E-state index contributed by atoms with van der Waals surface area (Å²) < 4.78 is 4.99. The summed E-state index contributed by atoms with van der Waals surface area (Å²) in [5, 5.41) is 10.1. The van der Waals surface area contributed by atoms with Crippen molar-refractivity contribution in [1.82, 2.24) is 0 Å². The quantitative estimate of drug-likeness (QED) is 0.506. The average Bonchev–Trinajstić information content (AvgIpc) is 2.02. The van der Waals surface area contributed by atoms with Crippen LogP contribution in [0.1, 0.15) is 11.1 Å². The minimum absolute atomic E-state index is 0. The second-order valence-electron chi connectivity index (χ2n) is 2.93. The van der Waals surface area contributed by atoms with Crippen molar-refractivity contribution < 1.29 is 44.2 Å². The first kappa shape index (κ1) is 13.5. The fourth-order valence-electron chi connectivity index (χ4n) is 1.10. The predicted molar refractivity (Wildman–Crippen MR) is 46.4 cm³/mol. The zero-order valence-corrected chi connectivity index (χ0v) is 10.7. The molecule has 0 amide bonds. The third-order valence-electron chi connectivity index (χ3n) is 1.68. The average molecular weight is 202 g/mol. The van der Waals surface area contributed by atoms with E-state index in [0.717, 1.165) is 11.1 Å². The number of aryl methyl sites for hydroxylation is 2. The molecule has 0 spiro atoms. The SMILES string of the molecule is Cc1ccc(OCC(=O)[O-])c(C)c1.[Na+]. The number of hydrogen-bond donors (Lipinski definition) is 0. The predicted octanol–water partition coefficient (Wildman–Crippen LogP) is -2.56. The Morgan fingerprint density at radius 2 is 2.07 bits per heavy atom. The number of rotatable bonds is 3. The van der Waals surface area contributed by atoms with Crippen molar-refractivity contribution in [3.63, 3.8) is 0 Å². The van der Waals surface area contributed by atoms with E-state index in [1.165, 1.54) is 0 Å². The van der Waals surface area contributed by atoms with Gasteiger partial charge in [-0.2, -0.15) is 0 Å². The molecule has 0 saturated heterocycles. The first-order chi connectivity index (χ1) is 6.09. The van der Waals surface area contributed by atoms with Crippen LogP contribution < -0.4 is 39.4 Å². The molecule has 0 aliphatic heterocycles. The molecule has 0 saturated carbocycles. The van der Waals surface area contributed by atoms with Gasteiger partial charge >= 0.3 is 29.6 Å². The van der Waals surface area contributed by atoms with Gasteiger partial charge < -0.3 is 14.6 Å². The van der Waals surface area contributed by atoms with Gasteiger partial charge in [-0.25, -0.2) is 0 Å². The third-order valence-corrected chi connectivity index (χ3v) is 1.68. The van der Waals surface area contributed by atoms with Crippen LogP contribution in [0.25, 0.3) is 0 Å². The van der Waals surface area contributed by atoms with Crippen LogP contribution in [-0.2, 0) is 4.79 Å². The van der Waals surface area contributed by atoms with Gasteiger partial charge in [0.05, 0.1) is 5.97 Å². The van der Waals surface area contributed by atoms with E-state index < -0.39 is 12.6 Å². The molecule has 1 aromatic rings. The van der Waals surface area contributed by atoms with Gasteiger partial charge in [0.1, 0.15) is 12.4 Å². The van der Waals surface area contributed by atoms with E-state index in [2.05, 4.69) is 0 Å². The van der Waals surface area contributed by atoms with Gasteiger partial charge in [0.15, 0.2) is 0 Å². The van der Waals surface area contributed by atoms with Gasteiger partial charge in [-0.05, 0) is 25.5 Å². The molecular weight excluding hydrogens is 191 g/mol. The summed E-state index contributed by atoms with van der Waals surface area (Å²) >= 11 is 0. The summed E-state index contributed by atoms with van der Waals surface area (Å²) in [5.74, 6) is -0.616. The zero-order valence-electron chi connectivity index (χ0n) is 8.66. The van der Waals surface area contributed by atoms with Crippen molar-refractivity contribution in [1.29, 1.82) is 0 Å². The van der Waals surface area contributed by atoms with Crippen LogP contribution >= 0.6 is 0 Å². The van der Waals surface area contributed by atoms with Gasteiger partial charge in [-0.1, -0.05) is 17.7 Å². The van der Waals surface area contributed by atoms with Gasteiger partial charge in [-0.3, -0.25) is 0 Å². The van der Waals surface area contributed by atoms with E-state index in [1.807, 2.05) is 26.0 Å². The first-order valence-electron chi connectivity index (χ1n) is 3.99. The minimum Gasteiger partial charge on any atom is -0.546 e. The number of carboxylic acid groups (broad SMARTS) is 1. The standard InChI is InChI=1S/C10H12O3.Na/c1-7-3-4-9(8(2)5-7)13-6-10(11)12;/h3-5H,6H2,1-2H3,(H,11,12);/q;+1/p-1. The van der Waals surface area contributed by atoms with E-state index in [9.17, 15) is 9.90 Å². The molecule has 70 valence electrons. The number of carbonyl (C=O) groups excluding carboxylic acids is 1. The fraction of sp³-hybridized carbons (Fsp3) is 0.300. The molecule has 0 aromatic heterocycles. The van der Waals surface area contributed by atoms with Crippen molar-refractivity contribution in [2.75, 3.05) is 6.61 Å². The van der Waals surface area contributed by atoms with Gasteiger partial charge in [0.2, 0.25) is 0 Å². The van der Waals surface area contributed by atoms with Crippen LogP contribution in [0.5, 0.6) is 5.75 Å². The number of hydrogen-bond acceptors (Lipinski definition) is 3. The summed E-state index contributed by atoms with van der Waals surface area (Å²) in [6.07, 6.45) is 0. The second kappa shape index (κ2) is 6.06. The molecule has 0 fully saturated rings. The van der Waals surface area contributed by atoms with Gasteiger partial charge in [0, 0.05) is 0 Å². The molecule has 0 N–H and O–H groups in total. The van der Waals surface area contributed by atoms with Crippen LogP contribution in [0.2, 0.25) is 0 Å².